The number of hydroxylamine groups is 1. The minimum absolute atomic E-state index is 0.321. The van der Waals surface area contributed by atoms with E-state index in [2.05, 4.69) is 15.3 Å². The minimum Gasteiger partial charge on any atom is -0.324 e. The van der Waals surface area contributed by atoms with E-state index in [0.717, 1.165) is 16.6 Å². The number of aromatic nitrogens is 2. The van der Waals surface area contributed by atoms with Crippen molar-refractivity contribution in [3.8, 4) is 0 Å². The van der Waals surface area contributed by atoms with Gasteiger partial charge in [0.15, 0.2) is 0 Å². The van der Waals surface area contributed by atoms with Crippen LogP contribution in [0.3, 0.4) is 0 Å². The van der Waals surface area contributed by atoms with Crippen molar-refractivity contribution in [3.05, 3.63) is 65.7 Å². The summed E-state index contributed by atoms with van der Waals surface area (Å²) in [6.45, 7) is 0. The maximum Gasteiger partial charge on any atom is 0.274 e. The first-order valence-corrected chi connectivity index (χ1v) is 7.14. The molecule has 4 N–H and O–H groups in total. The highest BCUT2D eigenvalue weighted by Crippen LogP contribution is 2.13. The topological polar surface area (TPSA) is 107 Å². The SMILES string of the molecule is O=C(C=Cc1ccc(C(=O)NO)cc1)Nc1nc2ccccc2[nH]1. The van der Waals surface area contributed by atoms with Gasteiger partial charge >= 0.3 is 0 Å². The van der Waals surface area contributed by atoms with E-state index >= 15 is 0 Å². The van der Waals surface area contributed by atoms with E-state index in [1.54, 1.807) is 35.8 Å². The van der Waals surface area contributed by atoms with Crippen molar-refractivity contribution in [3.63, 3.8) is 0 Å². The molecule has 120 valence electrons. The molecule has 7 heteroatoms. The molecule has 0 saturated carbocycles. The highest BCUT2D eigenvalue weighted by Gasteiger charge is 2.05. The number of carbonyl (C=O) groups is 2. The summed E-state index contributed by atoms with van der Waals surface area (Å²) < 4.78 is 0. The molecule has 0 aliphatic carbocycles. The van der Waals surface area contributed by atoms with Crippen LogP contribution in [0.25, 0.3) is 17.1 Å². The first-order valence-electron chi connectivity index (χ1n) is 7.14. The number of benzene rings is 2. The number of carbonyl (C=O) groups excluding carboxylic acids is 2. The number of aromatic amines is 1. The molecule has 24 heavy (non-hydrogen) atoms. The van der Waals surface area contributed by atoms with Crippen LogP contribution in [0.1, 0.15) is 15.9 Å². The molecule has 0 radical (unpaired) electrons. The fraction of sp³-hybridized carbons (Fsp3) is 0. The zero-order valence-corrected chi connectivity index (χ0v) is 12.5. The van der Waals surface area contributed by atoms with E-state index < -0.39 is 5.91 Å². The zero-order chi connectivity index (χ0) is 16.9. The number of imidazole rings is 1. The van der Waals surface area contributed by atoms with Crippen molar-refractivity contribution < 1.29 is 14.8 Å². The number of hydrogen-bond donors (Lipinski definition) is 4. The molecular weight excluding hydrogens is 308 g/mol. The fourth-order valence-electron chi connectivity index (χ4n) is 2.15. The van der Waals surface area contributed by atoms with E-state index in [0.29, 0.717) is 11.5 Å². The lowest BCUT2D eigenvalue weighted by Crippen LogP contribution is -2.18. The average molecular weight is 322 g/mol. The van der Waals surface area contributed by atoms with Crippen LogP contribution < -0.4 is 10.8 Å². The molecular formula is C17H14N4O3. The first-order chi connectivity index (χ1) is 11.7. The van der Waals surface area contributed by atoms with E-state index in [1.165, 1.54) is 6.08 Å². The Morgan fingerprint density at radius 1 is 1.08 bits per heavy atom. The monoisotopic (exact) mass is 322 g/mol. The smallest absolute Gasteiger partial charge is 0.274 e. The minimum atomic E-state index is -0.590. The summed E-state index contributed by atoms with van der Waals surface area (Å²) in [5, 5.41) is 11.2. The van der Waals surface area contributed by atoms with Gasteiger partial charge in [-0.15, -0.1) is 0 Å². The molecule has 2 amide bonds. The Balaban J connectivity index is 1.65. The molecule has 1 heterocycles. The standard InChI is InChI=1S/C17H14N4O3/c22-15(20-17-18-13-3-1-2-4-14(13)19-17)10-7-11-5-8-12(9-6-11)16(23)21-24/h1-10,24H,(H,21,23)(H2,18,19,20,22). The van der Waals surface area contributed by atoms with E-state index in [9.17, 15) is 9.59 Å². The molecule has 0 saturated heterocycles. The van der Waals surface area contributed by atoms with Crippen LogP contribution >= 0.6 is 0 Å². The van der Waals surface area contributed by atoms with Gasteiger partial charge in [0.25, 0.3) is 11.8 Å². The number of anilines is 1. The molecule has 0 unspecified atom stereocenters. The molecule has 0 atom stereocenters. The maximum atomic E-state index is 11.9. The predicted molar refractivity (Wildman–Crippen MR) is 89.5 cm³/mol. The van der Waals surface area contributed by atoms with Gasteiger partial charge in [0, 0.05) is 11.6 Å². The Hall–Kier alpha value is -3.45. The summed E-state index contributed by atoms with van der Waals surface area (Å²) in [6, 6.07) is 13.9. The van der Waals surface area contributed by atoms with Crippen molar-refractivity contribution in [2.75, 3.05) is 5.32 Å². The number of hydrogen-bond acceptors (Lipinski definition) is 4. The Bertz CT molecular complexity index is 880. The first kappa shape index (κ1) is 15.4. The van der Waals surface area contributed by atoms with Crippen LogP contribution in [0.2, 0.25) is 0 Å². The number of nitrogens with zero attached hydrogens (tertiary/aromatic N) is 1. The fourth-order valence-corrected chi connectivity index (χ4v) is 2.15. The molecule has 3 aromatic rings. The zero-order valence-electron chi connectivity index (χ0n) is 12.5. The second-order valence-electron chi connectivity index (χ2n) is 4.99. The Morgan fingerprint density at radius 2 is 1.83 bits per heavy atom. The Kier molecular flexibility index (Phi) is 4.35. The summed E-state index contributed by atoms with van der Waals surface area (Å²) in [5.41, 5.74) is 4.23. The van der Waals surface area contributed by atoms with Gasteiger partial charge in [-0.25, -0.2) is 10.5 Å². The van der Waals surface area contributed by atoms with Gasteiger partial charge < -0.3 is 4.98 Å². The van der Waals surface area contributed by atoms with E-state index in [4.69, 9.17) is 5.21 Å². The Morgan fingerprint density at radius 3 is 2.54 bits per heavy atom. The molecule has 0 aliphatic rings. The highest BCUT2D eigenvalue weighted by atomic mass is 16.5. The van der Waals surface area contributed by atoms with E-state index in [1.807, 2.05) is 24.3 Å². The second kappa shape index (κ2) is 6.76. The number of fused-ring (bicyclic) bond motifs is 1. The van der Waals surface area contributed by atoms with Crippen LogP contribution in [-0.2, 0) is 4.79 Å². The number of rotatable bonds is 4. The Labute approximate surface area is 137 Å². The van der Waals surface area contributed by atoms with E-state index in [-0.39, 0.29) is 5.91 Å². The third-order valence-electron chi connectivity index (χ3n) is 3.33. The summed E-state index contributed by atoms with van der Waals surface area (Å²) >= 11 is 0. The lowest BCUT2D eigenvalue weighted by atomic mass is 10.1. The molecule has 3 rings (SSSR count). The van der Waals surface area contributed by atoms with Gasteiger partial charge in [0.05, 0.1) is 11.0 Å². The molecule has 1 aromatic heterocycles. The van der Waals surface area contributed by atoms with Crippen molar-refractivity contribution in [2.24, 2.45) is 0 Å². The summed E-state index contributed by atoms with van der Waals surface area (Å²) in [4.78, 5) is 30.4. The highest BCUT2D eigenvalue weighted by molar-refractivity contribution is 6.01. The molecule has 2 aromatic carbocycles. The molecule has 7 nitrogen and oxygen atoms in total. The molecule has 0 aliphatic heterocycles. The van der Waals surface area contributed by atoms with Gasteiger partial charge in [-0.05, 0) is 35.9 Å². The van der Waals surface area contributed by atoms with Crippen LogP contribution in [0.4, 0.5) is 5.95 Å². The molecule has 0 spiro atoms. The largest absolute Gasteiger partial charge is 0.324 e. The van der Waals surface area contributed by atoms with Gasteiger partial charge in [-0.3, -0.25) is 20.1 Å². The van der Waals surface area contributed by atoms with Gasteiger partial charge in [0.2, 0.25) is 5.95 Å². The van der Waals surface area contributed by atoms with Crippen molar-refractivity contribution in [1.29, 1.82) is 0 Å². The van der Waals surface area contributed by atoms with Crippen molar-refractivity contribution in [1.82, 2.24) is 15.4 Å². The summed E-state index contributed by atoms with van der Waals surface area (Å²) in [7, 11) is 0. The number of amides is 2. The summed E-state index contributed by atoms with van der Waals surface area (Å²) in [6.07, 6.45) is 2.98. The third-order valence-corrected chi connectivity index (χ3v) is 3.33. The van der Waals surface area contributed by atoms with Gasteiger partial charge in [0.1, 0.15) is 0 Å². The predicted octanol–water partition coefficient (Wildman–Crippen LogP) is 2.33. The van der Waals surface area contributed by atoms with Crippen molar-refractivity contribution in [2.45, 2.75) is 0 Å². The average Bonchev–Trinajstić information content (AvgIpc) is 3.02. The van der Waals surface area contributed by atoms with Crippen LogP contribution in [0.5, 0.6) is 0 Å². The molecule has 0 bridgehead atoms. The second-order valence-corrected chi connectivity index (χ2v) is 4.99. The maximum absolute atomic E-state index is 11.9. The quantitative estimate of drug-likeness (QED) is 0.336. The number of H-pyrrole nitrogens is 1. The van der Waals surface area contributed by atoms with Gasteiger partial charge in [-0.1, -0.05) is 24.3 Å². The third kappa shape index (κ3) is 3.47. The lowest BCUT2D eigenvalue weighted by molar-refractivity contribution is -0.111. The number of para-hydroxylation sites is 2. The van der Waals surface area contributed by atoms with Crippen LogP contribution in [0, 0.1) is 0 Å². The lowest BCUT2D eigenvalue weighted by Gasteiger charge is -1.99. The van der Waals surface area contributed by atoms with Crippen LogP contribution in [0.15, 0.2) is 54.6 Å². The molecule has 0 fully saturated rings. The van der Waals surface area contributed by atoms with Crippen LogP contribution in [-0.4, -0.2) is 27.0 Å². The normalized spacial score (nSPS) is 10.9. The van der Waals surface area contributed by atoms with Gasteiger partial charge in [-0.2, -0.15) is 0 Å². The number of nitrogens with one attached hydrogen (secondary N) is 3. The van der Waals surface area contributed by atoms with Crippen molar-refractivity contribution >= 4 is 34.9 Å². The summed E-state index contributed by atoms with van der Waals surface area (Å²) in [5.74, 6) is -0.541.